The molecule has 2 N–H and O–H groups in total. The maximum absolute atomic E-state index is 14.1. The van der Waals surface area contributed by atoms with Crippen molar-refractivity contribution in [3.05, 3.63) is 60.6 Å². The number of rotatable bonds is 5. The molecule has 5 heterocycles. The summed E-state index contributed by atoms with van der Waals surface area (Å²) in [6, 6.07) is 7.42. The van der Waals surface area contributed by atoms with Gasteiger partial charge in [-0.05, 0) is 24.3 Å². The van der Waals surface area contributed by atoms with Gasteiger partial charge in [0, 0.05) is 56.7 Å². The number of halogens is 2. The average Bonchev–Trinajstić information content (AvgIpc) is 3.49. The predicted molar refractivity (Wildman–Crippen MR) is 127 cm³/mol. The Hall–Kier alpha value is -4.19. The number of pyridine rings is 1. The van der Waals surface area contributed by atoms with Crippen molar-refractivity contribution < 1.29 is 8.78 Å². The Morgan fingerprint density at radius 3 is 2.57 bits per heavy atom. The van der Waals surface area contributed by atoms with Gasteiger partial charge in [0.15, 0.2) is 17.1 Å². The lowest BCUT2D eigenvalue weighted by Crippen LogP contribution is -2.47. The fourth-order valence-corrected chi connectivity index (χ4v) is 4.42. The van der Waals surface area contributed by atoms with Gasteiger partial charge in [0.2, 0.25) is 5.95 Å². The molecule has 178 valence electrons. The minimum Gasteiger partial charge on any atom is -0.368 e. The molecule has 6 rings (SSSR count). The molecule has 0 spiro atoms. The normalized spacial score (nSPS) is 14.9. The molecule has 4 aromatic heterocycles. The molecule has 10 nitrogen and oxygen atoms in total. The van der Waals surface area contributed by atoms with Crippen LogP contribution in [0, 0.1) is 11.6 Å². The van der Waals surface area contributed by atoms with Crippen LogP contribution in [0.5, 0.6) is 0 Å². The third-order valence-corrected chi connectivity index (χ3v) is 6.27. The number of hydrogen-bond acceptors (Lipinski definition) is 8. The van der Waals surface area contributed by atoms with E-state index in [4.69, 9.17) is 5.73 Å². The molecule has 1 aliphatic rings. The summed E-state index contributed by atoms with van der Waals surface area (Å²) in [6.45, 7) is 4.19. The summed E-state index contributed by atoms with van der Waals surface area (Å²) < 4.78 is 30.7. The van der Waals surface area contributed by atoms with E-state index >= 15 is 0 Å². The lowest BCUT2D eigenvalue weighted by molar-refractivity contribution is 0.245. The number of nitrogens with zero attached hydrogens (tertiary/aromatic N) is 9. The first kappa shape index (κ1) is 21.4. The van der Waals surface area contributed by atoms with Crippen molar-refractivity contribution in [2.75, 3.05) is 43.4 Å². The van der Waals surface area contributed by atoms with Crippen LogP contribution in [0.25, 0.3) is 28.1 Å². The number of nitrogens with two attached hydrogens (primary N) is 1. The van der Waals surface area contributed by atoms with Crippen LogP contribution in [0.3, 0.4) is 0 Å². The summed E-state index contributed by atoms with van der Waals surface area (Å²) in [4.78, 5) is 17.5. The summed E-state index contributed by atoms with van der Waals surface area (Å²) in [5, 5.41) is 9.77. The van der Waals surface area contributed by atoms with Crippen LogP contribution < -0.4 is 10.6 Å². The molecule has 1 aromatic carbocycles. The highest BCUT2D eigenvalue weighted by Gasteiger charge is 2.21. The number of aromatic nitrogens is 7. The molecule has 0 bridgehead atoms. The van der Waals surface area contributed by atoms with E-state index in [-0.39, 0.29) is 5.95 Å². The molecule has 0 amide bonds. The largest absolute Gasteiger partial charge is 0.368 e. The maximum Gasteiger partial charge on any atom is 0.225 e. The standard InChI is InChI=1S/C23H22F2N10/c24-16-3-4-19(18(25)12-16)33-9-6-32(7-10-33)8-11-34-21-17(14-28-34)22-29-20(15-2-1-5-27-13-15)31-35(22)23(26)30-21/h1-5,12-14H,6-11H2,(H2,26,30). The topological polar surface area (TPSA) is 106 Å². The molecular weight excluding hydrogens is 454 g/mol. The second-order valence-electron chi connectivity index (χ2n) is 8.41. The summed E-state index contributed by atoms with van der Waals surface area (Å²) in [7, 11) is 0. The summed E-state index contributed by atoms with van der Waals surface area (Å²) in [6.07, 6.45) is 5.12. The van der Waals surface area contributed by atoms with Crippen molar-refractivity contribution in [1.29, 1.82) is 0 Å². The summed E-state index contributed by atoms with van der Waals surface area (Å²) >= 11 is 0. The summed E-state index contributed by atoms with van der Waals surface area (Å²) in [5.74, 6) is -0.354. The number of fused-ring (bicyclic) bond motifs is 3. The molecular formula is C23H22F2N10. The van der Waals surface area contributed by atoms with E-state index in [0.717, 1.165) is 36.7 Å². The lowest BCUT2D eigenvalue weighted by atomic mass is 10.2. The van der Waals surface area contributed by atoms with Crippen LogP contribution in [0.15, 0.2) is 48.9 Å². The quantitative estimate of drug-likeness (QED) is 0.412. The molecule has 0 unspecified atom stereocenters. The van der Waals surface area contributed by atoms with Gasteiger partial charge in [-0.1, -0.05) is 0 Å². The molecule has 1 saturated heterocycles. The van der Waals surface area contributed by atoms with E-state index in [1.165, 1.54) is 16.6 Å². The summed E-state index contributed by atoms with van der Waals surface area (Å²) in [5.41, 5.74) is 8.66. The first-order valence-corrected chi connectivity index (χ1v) is 11.3. The second-order valence-corrected chi connectivity index (χ2v) is 8.41. The number of benzene rings is 1. The van der Waals surface area contributed by atoms with E-state index in [2.05, 4.69) is 30.0 Å². The van der Waals surface area contributed by atoms with Gasteiger partial charge in [-0.2, -0.15) is 14.6 Å². The van der Waals surface area contributed by atoms with Gasteiger partial charge in [0.1, 0.15) is 11.6 Å². The first-order chi connectivity index (χ1) is 17.1. The van der Waals surface area contributed by atoms with Crippen LogP contribution in [-0.4, -0.2) is 72.0 Å². The Balaban J connectivity index is 1.17. The van der Waals surface area contributed by atoms with Gasteiger partial charge in [0.25, 0.3) is 0 Å². The molecule has 0 aliphatic carbocycles. The number of anilines is 2. The smallest absolute Gasteiger partial charge is 0.225 e. The molecule has 0 radical (unpaired) electrons. The van der Waals surface area contributed by atoms with Crippen molar-refractivity contribution in [3.8, 4) is 11.4 Å². The van der Waals surface area contributed by atoms with Crippen LogP contribution in [0.1, 0.15) is 0 Å². The van der Waals surface area contributed by atoms with Crippen LogP contribution >= 0.6 is 0 Å². The SMILES string of the molecule is Nc1nc2c(cnn2CCN2CCN(c3ccc(F)cc3F)CC2)c2nc(-c3cccnc3)nn12. The van der Waals surface area contributed by atoms with Gasteiger partial charge in [-0.3, -0.25) is 9.88 Å². The average molecular weight is 476 g/mol. The van der Waals surface area contributed by atoms with Gasteiger partial charge in [-0.15, -0.1) is 5.10 Å². The van der Waals surface area contributed by atoms with Crippen LogP contribution in [0.4, 0.5) is 20.4 Å². The monoisotopic (exact) mass is 476 g/mol. The fraction of sp³-hybridized carbons (Fsp3) is 0.261. The van der Waals surface area contributed by atoms with Gasteiger partial charge < -0.3 is 10.6 Å². The third kappa shape index (κ3) is 3.91. The van der Waals surface area contributed by atoms with Crippen molar-refractivity contribution >= 4 is 28.3 Å². The number of nitrogen functional groups attached to an aromatic ring is 1. The van der Waals surface area contributed by atoms with E-state index in [0.29, 0.717) is 42.4 Å². The van der Waals surface area contributed by atoms with Gasteiger partial charge in [0.05, 0.1) is 23.8 Å². The van der Waals surface area contributed by atoms with Crippen molar-refractivity contribution in [1.82, 2.24) is 39.2 Å². The molecule has 12 heteroatoms. The molecule has 35 heavy (non-hydrogen) atoms. The van der Waals surface area contributed by atoms with E-state index < -0.39 is 11.6 Å². The highest BCUT2D eigenvalue weighted by atomic mass is 19.1. The third-order valence-electron chi connectivity index (χ3n) is 6.27. The maximum atomic E-state index is 14.1. The number of hydrogen-bond donors (Lipinski definition) is 1. The van der Waals surface area contributed by atoms with E-state index in [9.17, 15) is 8.78 Å². The molecule has 1 aliphatic heterocycles. The minimum atomic E-state index is -0.567. The molecule has 5 aromatic rings. The van der Waals surface area contributed by atoms with Crippen molar-refractivity contribution in [2.45, 2.75) is 6.54 Å². The minimum absolute atomic E-state index is 0.229. The van der Waals surface area contributed by atoms with Crippen molar-refractivity contribution in [3.63, 3.8) is 0 Å². The predicted octanol–water partition coefficient (Wildman–Crippen LogP) is 2.22. The Morgan fingerprint density at radius 2 is 1.80 bits per heavy atom. The molecule has 1 fully saturated rings. The Bertz CT molecular complexity index is 1510. The molecule has 0 atom stereocenters. The van der Waals surface area contributed by atoms with Gasteiger partial charge in [-0.25, -0.2) is 18.4 Å². The zero-order valence-electron chi connectivity index (χ0n) is 18.7. The van der Waals surface area contributed by atoms with Crippen LogP contribution in [-0.2, 0) is 6.54 Å². The number of piperazine rings is 1. The van der Waals surface area contributed by atoms with Gasteiger partial charge >= 0.3 is 0 Å². The van der Waals surface area contributed by atoms with Crippen LogP contribution in [0.2, 0.25) is 0 Å². The van der Waals surface area contributed by atoms with E-state index in [1.54, 1.807) is 18.6 Å². The fourth-order valence-electron chi connectivity index (χ4n) is 4.42. The highest BCUT2D eigenvalue weighted by molar-refractivity contribution is 5.90. The Kier molecular flexibility index (Phi) is 5.21. The zero-order valence-corrected chi connectivity index (χ0v) is 18.7. The second kappa shape index (κ2) is 8.55. The van der Waals surface area contributed by atoms with E-state index in [1.807, 2.05) is 21.7 Å². The zero-order chi connectivity index (χ0) is 23.9. The Morgan fingerprint density at radius 1 is 0.943 bits per heavy atom. The Labute approximate surface area is 198 Å². The lowest BCUT2D eigenvalue weighted by Gasteiger charge is -2.36. The molecule has 0 saturated carbocycles. The van der Waals surface area contributed by atoms with Crippen molar-refractivity contribution in [2.24, 2.45) is 0 Å². The first-order valence-electron chi connectivity index (χ1n) is 11.3. The highest BCUT2D eigenvalue weighted by Crippen LogP contribution is 2.24.